The van der Waals surface area contributed by atoms with Gasteiger partial charge in [-0.15, -0.1) is 0 Å². The summed E-state index contributed by atoms with van der Waals surface area (Å²) in [6.07, 6.45) is 4.97. The van der Waals surface area contributed by atoms with Crippen LogP contribution in [-0.2, 0) is 11.2 Å². The van der Waals surface area contributed by atoms with Gasteiger partial charge < -0.3 is 11.1 Å². The molecule has 5 rings (SSSR count). The van der Waals surface area contributed by atoms with Crippen LogP contribution in [0.4, 0.5) is 0 Å². The van der Waals surface area contributed by atoms with Crippen molar-refractivity contribution in [1.82, 2.24) is 15.3 Å². The molecule has 0 radical (unpaired) electrons. The Kier molecular flexibility index (Phi) is 4.76. The first-order valence-electron chi connectivity index (χ1n) is 10.5. The summed E-state index contributed by atoms with van der Waals surface area (Å²) in [6, 6.07) is 18.5. The molecule has 5 atom stereocenters. The quantitative estimate of drug-likeness (QED) is 0.682. The number of carbonyl (C=O) groups is 1. The molecule has 3 N–H and O–H groups in total. The van der Waals surface area contributed by atoms with Crippen molar-refractivity contribution in [1.29, 1.82) is 0 Å². The van der Waals surface area contributed by atoms with Crippen molar-refractivity contribution in [2.75, 3.05) is 0 Å². The average molecular weight is 386 g/mol. The summed E-state index contributed by atoms with van der Waals surface area (Å²) in [4.78, 5) is 21.4. The molecule has 148 valence electrons. The van der Waals surface area contributed by atoms with E-state index in [4.69, 9.17) is 5.73 Å². The number of para-hydroxylation sites is 1. The topological polar surface area (TPSA) is 80.9 Å². The lowest BCUT2D eigenvalue weighted by Crippen LogP contribution is -2.35. The van der Waals surface area contributed by atoms with Gasteiger partial charge in [0.25, 0.3) is 0 Å². The highest BCUT2D eigenvalue weighted by molar-refractivity contribution is 5.81. The first-order valence-corrected chi connectivity index (χ1v) is 10.5. The van der Waals surface area contributed by atoms with E-state index in [0.29, 0.717) is 30.2 Å². The zero-order valence-electron chi connectivity index (χ0n) is 16.4. The van der Waals surface area contributed by atoms with E-state index in [1.165, 1.54) is 5.56 Å². The van der Waals surface area contributed by atoms with Gasteiger partial charge in [-0.2, -0.15) is 0 Å². The number of nitrogens with zero attached hydrogens (tertiary/aromatic N) is 2. The molecule has 2 fully saturated rings. The van der Waals surface area contributed by atoms with E-state index >= 15 is 0 Å². The van der Waals surface area contributed by atoms with E-state index < -0.39 is 0 Å². The van der Waals surface area contributed by atoms with Crippen LogP contribution in [0.1, 0.15) is 36.4 Å². The Morgan fingerprint density at radius 2 is 1.76 bits per heavy atom. The lowest BCUT2D eigenvalue weighted by molar-refractivity contribution is -0.121. The molecule has 3 aromatic rings. The fourth-order valence-electron chi connectivity index (χ4n) is 5.10. The van der Waals surface area contributed by atoms with Gasteiger partial charge in [0, 0.05) is 29.8 Å². The first kappa shape index (κ1) is 18.3. The Morgan fingerprint density at radius 1 is 1.03 bits per heavy atom. The number of amides is 1. The zero-order valence-corrected chi connectivity index (χ0v) is 16.4. The van der Waals surface area contributed by atoms with E-state index in [1.54, 1.807) is 6.33 Å². The Labute approximate surface area is 170 Å². The number of nitrogens with two attached hydrogens (primary N) is 1. The number of rotatable bonds is 6. The van der Waals surface area contributed by atoms with Crippen LogP contribution >= 0.6 is 0 Å². The summed E-state index contributed by atoms with van der Waals surface area (Å²) in [5.41, 5.74) is 9.55. The van der Waals surface area contributed by atoms with Gasteiger partial charge in [0.2, 0.25) is 5.91 Å². The van der Waals surface area contributed by atoms with Gasteiger partial charge in [0.05, 0.1) is 11.2 Å². The monoisotopic (exact) mass is 386 g/mol. The number of carbonyl (C=O) groups excluding carboxylic acids is 1. The third-order valence-corrected chi connectivity index (χ3v) is 6.52. The predicted octanol–water partition coefficient (Wildman–Crippen LogP) is 3.20. The normalized spacial score (nSPS) is 26.1. The Balaban J connectivity index is 1.14. The zero-order chi connectivity index (χ0) is 19.8. The summed E-state index contributed by atoms with van der Waals surface area (Å²) in [5.74, 6) is 1.69. The molecule has 0 aliphatic heterocycles. The molecule has 5 nitrogen and oxygen atoms in total. The Morgan fingerprint density at radius 3 is 2.55 bits per heavy atom. The van der Waals surface area contributed by atoms with Gasteiger partial charge in [-0.1, -0.05) is 48.5 Å². The fraction of sp³-hybridized carbons (Fsp3) is 0.375. The van der Waals surface area contributed by atoms with Gasteiger partial charge >= 0.3 is 0 Å². The molecule has 0 bridgehead atoms. The lowest BCUT2D eigenvalue weighted by Gasteiger charge is -2.17. The molecule has 2 saturated carbocycles. The molecule has 29 heavy (non-hydrogen) atoms. The van der Waals surface area contributed by atoms with E-state index in [9.17, 15) is 4.79 Å². The molecule has 2 aromatic carbocycles. The number of hydrogen-bond acceptors (Lipinski definition) is 4. The van der Waals surface area contributed by atoms with Crippen molar-refractivity contribution in [3.05, 3.63) is 72.2 Å². The second kappa shape index (κ2) is 7.56. The molecule has 2 aliphatic rings. The van der Waals surface area contributed by atoms with Crippen LogP contribution in [0.15, 0.2) is 60.9 Å². The summed E-state index contributed by atoms with van der Waals surface area (Å²) in [5, 5.41) is 4.39. The van der Waals surface area contributed by atoms with Gasteiger partial charge in [0.1, 0.15) is 6.33 Å². The van der Waals surface area contributed by atoms with Gasteiger partial charge in [0.15, 0.2) is 0 Å². The lowest BCUT2D eigenvalue weighted by atomic mass is 9.95. The smallest absolute Gasteiger partial charge is 0.221 e. The van der Waals surface area contributed by atoms with Crippen LogP contribution in [0.5, 0.6) is 0 Å². The molecule has 1 heterocycles. The number of hydrogen-bond donors (Lipinski definition) is 2. The van der Waals surface area contributed by atoms with Crippen LogP contribution in [0, 0.1) is 11.8 Å². The number of nitrogens with one attached hydrogen (secondary N) is 1. The maximum atomic E-state index is 12.4. The first-order chi connectivity index (χ1) is 14.2. The molecule has 1 aromatic heterocycles. The molecule has 2 aliphatic carbocycles. The molecular weight excluding hydrogens is 360 g/mol. The van der Waals surface area contributed by atoms with Crippen molar-refractivity contribution >= 4 is 16.8 Å². The van der Waals surface area contributed by atoms with Crippen LogP contribution < -0.4 is 11.1 Å². The Bertz CT molecular complexity index is 1000. The molecule has 1 amide bonds. The van der Waals surface area contributed by atoms with Crippen molar-refractivity contribution in [2.45, 2.75) is 43.7 Å². The minimum atomic E-state index is -0.142. The molecule has 2 unspecified atom stereocenters. The molecule has 5 heteroatoms. The van der Waals surface area contributed by atoms with Crippen LogP contribution in [0.2, 0.25) is 0 Å². The van der Waals surface area contributed by atoms with Crippen LogP contribution in [-0.4, -0.2) is 28.0 Å². The molecule has 0 spiro atoms. The maximum absolute atomic E-state index is 12.4. The fourth-order valence-corrected chi connectivity index (χ4v) is 5.10. The largest absolute Gasteiger partial charge is 0.353 e. The van der Waals surface area contributed by atoms with Gasteiger partial charge in [-0.3, -0.25) is 4.79 Å². The van der Waals surface area contributed by atoms with Crippen molar-refractivity contribution in [3.8, 4) is 0 Å². The van der Waals surface area contributed by atoms with E-state index in [0.717, 1.165) is 35.9 Å². The highest BCUT2D eigenvalue weighted by atomic mass is 16.1. The van der Waals surface area contributed by atoms with Gasteiger partial charge in [-0.25, -0.2) is 9.97 Å². The summed E-state index contributed by atoms with van der Waals surface area (Å²) in [7, 11) is 0. The van der Waals surface area contributed by atoms with Crippen LogP contribution in [0.3, 0.4) is 0 Å². The average Bonchev–Trinajstić information content (AvgIpc) is 3.16. The standard InChI is InChI=1S/C24H26N4O/c25-17(10-15-6-2-1-3-7-15)13-22(29)28-24-19-11-16(12-20(19)24)23-18-8-4-5-9-21(18)26-14-27-23/h1-9,14,16-17,19-20,24H,10-13,25H2,(H,28,29)/t16?,17?,19-,20+,24+. The predicted molar refractivity (Wildman–Crippen MR) is 113 cm³/mol. The highest BCUT2D eigenvalue weighted by Crippen LogP contribution is 2.57. The minimum Gasteiger partial charge on any atom is -0.353 e. The number of fused-ring (bicyclic) bond motifs is 2. The van der Waals surface area contributed by atoms with E-state index in [2.05, 4.69) is 33.5 Å². The summed E-state index contributed by atoms with van der Waals surface area (Å²) in [6.45, 7) is 0. The minimum absolute atomic E-state index is 0.0804. The number of benzene rings is 2. The molecule has 0 saturated heterocycles. The van der Waals surface area contributed by atoms with Crippen LogP contribution in [0.25, 0.3) is 10.9 Å². The summed E-state index contributed by atoms with van der Waals surface area (Å²) >= 11 is 0. The third-order valence-electron chi connectivity index (χ3n) is 6.52. The second-order valence-corrected chi connectivity index (χ2v) is 8.52. The maximum Gasteiger partial charge on any atom is 0.221 e. The number of aromatic nitrogens is 2. The summed E-state index contributed by atoms with van der Waals surface area (Å²) < 4.78 is 0. The van der Waals surface area contributed by atoms with Crippen molar-refractivity contribution in [2.24, 2.45) is 17.6 Å². The van der Waals surface area contributed by atoms with Gasteiger partial charge in [-0.05, 0) is 42.7 Å². The second-order valence-electron chi connectivity index (χ2n) is 8.52. The van der Waals surface area contributed by atoms with Crippen molar-refractivity contribution < 1.29 is 4.79 Å². The third kappa shape index (κ3) is 3.75. The van der Waals surface area contributed by atoms with E-state index in [1.807, 2.05) is 36.4 Å². The Hall–Kier alpha value is -2.79. The van der Waals surface area contributed by atoms with Crippen molar-refractivity contribution in [3.63, 3.8) is 0 Å². The van der Waals surface area contributed by atoms with E-state index in [-0.39, 0.29) is 11.9 Å². The highest BCUT2D eigenvalue weighted by Gasteiger charge is 2.57. The molecular formula is C24H26N4O. The SMILES string of the molecule is NC(CC(=O)N[C@H]1[C@@H]2CC(c3ncnc4ccccc34)C[C@@H]21)Cc1ccccc1.